The summed E-state index contributed by atoms with van der Waals surface area (Å²) in [5.41, 5.74) is 1.06. The van der Waals surface area contributed by atoms with Crippen LogP contribution in [-0.4, -0.2) is 41.1 Å². The van der Waals surface area contributed by atoms with Crippen molar-refractivity contribution in [1.29, 1.82) is 0 Å². The SMILES string of the molecule is C[C@H]1CN(C(=O)CCCc2nc3ccccc3s2)[C@@H](C)CO1. The average Bonchev–Trinajstić information content (AvgIpc) is 2.92. The predicted octanol–water partition coefficient (Wildman–Crippen LogP) is 3.25. The van der Waals surface area contributed by atoms with E-state index in [9.17, 15) is 4.79 Å². The molecule has 1 aliphatic rings. The highest BCUT2D eigenvalue weighted by molar-refractivity contribution is 7.18. The fraction of sp³-hybridized carbons (Fsp3) is 0.529. The number of rotatable bonds is 4. The Labute approximate surface area is 135 Å². The molecule has 0 radical (unpaired) electrons. The monoisotopic (exact) mass is 318 g/mol. The lowest BCUT2D eigenvalue weighted by Gasteiger charge is -2.36. The number of morpholine rings is 1. The number of para-hydroxylation sites is 1. The third kappa shape index (κ3) is 3.47. The molecular weight excluding hydrogens is 296 g/mol. The van der Waals surface area contributed by atoms with E-state index in [1.807, 2.05) is 30.0 Å². The highest BCUT2D eigenvalue weighted by Crippen LogP contribution is 2.23. The van der Waals surface area contributed by atoms with Crippen LogP contribution in [0.15, 0.2) is 24.3 Å². The highest BCUT2D eigenvalue weighted by atomic mass is 32.1. The normalized spacial score (nSPS) is 22.2. The summed E-state index contributed by atoms with van der Waals surface area (Å²) in [5.74, 6) is 0.240. The number of amides is 1. The second-order valence-electron chi connectivity index (χ2n) is 5.97. The Morgan fingerprint density at radius 3 is 3.05 bits per heavy atom. The number of aryl methyl sites for hydroxylation is 1. The Balaban J connectivity index is 1.52. The summed E-state index contributed by atoms with van der Waals surface area (Å²) < 4.78 is 6.80. The third-order valence-electron chi connectivity index (χ3n) is 4.05. The molecule has 2 atom stereocenters. The first-order valence-electron chi connectivity index (χ1n) is 7.89. The van der Waals surface area contributed by atoms with Crippen LogP contribution in [0.5, 0.6) is 0 Å². The standard InChI is InChI=1S/C17H22N2O2S/c1-12-11-21-13(2)10-19(12)17(20)9-5-8-16-18-14-6-3-4-7-15(14)22-16/h3-4,6-7,12-13H,5,8-11H2,1-2H3/t12-,13-/m0/s1. The molecule has 0 saturated carbocycles. The first-order valence-corrected chi connectivity index (χ1v) is 8.70. The summed E-state index contributed by atoms with van der Waals surface area (Å²) in [4.78, 5) is 19.0. The first kappa shape index (κ1) is 15.4. The van der Waals surface area contributed by atoms with Crippen molar-refractivity contribution < 1.29 is 9.53 Å². The molecule has 4 nitrogen and oxygen atoms in total. The quantitative estimate of drug-likeness (QED) is 0.869. The van der Waals surface area contributed by atoms with Crippen molar-refractivity contribution >= 4 is 27.5 Å². The van der Waals surface area contributed by atoms with E-state index >= 15 is 0 Å². The second kappa shape index (κ2) is 6.75. The summed E-state index contributed by atoms with van der Waals surface area (Å²) >= 11 is 1.73. The van der Waals surface area contributed by atoms with Gasteiger partial charge in [-0.05, 0) is 38.8 Å². The van der Waals surface area contributed by atoms with Gasteiger partial charge >= 0.3 is 0 Å². The van der Waals surface area contributed by atoms with Crippen LogP contribution in [0, 0.1) is 0 Å². The van der Waals surface area contributed by atoms with Crippen molar-refractivity contribution in [3.05, 3.63) is 29.3 Å². The molecule has 1 aromatic heterocycles. The number of carbonyl (C=O) groups excluding carboxylic acids is 1. The Morgan fingerprint density at radius 2 is 2.23 bits per heavy atom. The number of fused-ring (bicyclic) bond motifs is 1. The number of thiazole rings is 1. The molecule has 1 saturated heterocycles. The maximum atomic E-state index is 12.4. The molecule has 2 heterocycles. The fourth-order valence-corrected chi connectivity index (χ4v) is 3.82. The van der Waals surface area contributed by atoms with Crippen LogP contribution in [0.4, 0.5) is 0 Å². The van der Waals surface area contributed by atoms with E-state index in [1.165, 1.54) is 4.70 Å². The van der Waals surface area contributed by atoms with Crippen molar-refractivity contribution in [2.45, 2.75) is 45.3 Å². The zero-order chi connectivity index (χ0) is 15.5. The van der Waals surface area contributed by atoms with Gasteiger partial charge in [-0.3, -0.25) is 4.79 Å². The minimum absolute atomic E-state index is 0.143. The Hall–Kier alpha value is -1.46. The van der Waals surface area contributed by atoms with Crippen LogP contribution >= 0.6 is 11.3 Å². The van der Waals surface area contributed by atoms with Crippen molar-refractivity contribution in [3.8, 4) is 0 Å². The van der Waals surface area contributed by atoms with E-state index < -0.39 is 0 Å². The summed E-state index contributed by atoms with van der Waals surface area (Å²) in [7, 11) is 0. The van der Waals surface area contributed by atoms with Crippen molar-refractivity contribution in [3.63, 3.8) is 0 Å². The van der Waals surface area contributed by atoms with E-state index in [0.717, 1.165) is 23.4 Å². The molecule has 1 aliphatic heterocycles. The van der Waals surface area contributed by atoms with Gasteiger partial charge in [0.25, 0.3) is 0 Å². The Morgan fingerprint density at radius 1 is 1.41 bits per heavy atom. The molecule has 1 fully saturated rings. The van der Waals surface area contributed by atoms with Gasteiger partial charge in [0.2, 0.25) is 5.91 Å². The molecule has 0 unspecified atom stereocenters. The summed E-state index contributed by atoms with van der Waals surface area (Å²) in [6, 6.07) is 8.37. The molecule has 0 aliphatic carbocycles. The number of hydrogen-bond donors (Lipinski definition) is 0. The molecule has 1 amide bonds. The van der Waals surface area contributed by atoms with Crippen molar-refractivity contribution in [1.82, 2.24) is 9.88 Å². The highest BCUT2D eigenvalue weighted by Gasteiger charge is 2.26. The van der Waals surface area contributed by atoms with Crippen LogP contribution in [-0.2, 0) is 16.0 Å². The number of nitrogens with zero attached hydrogens (tertiary/aromatic N) is 2. The van der Waals surface area contributed by atoms with Gasteiger partial charge in [-0.2, -0.15) is 0 Å². The maximum absolute atomic E-state index is 12.4. The first-order chi connectivity index (χ1) is 10.6. The molecule has 2 aromatic rings. The molecule has 22 heavy (non-hydrogen) atoms. The molecule has 5 heteroatoms. The second-order valence-corrected chi connectivity index (χ2v) is 7.08. The van der Waals surface area contributed by atoms with Crippen molar-refractivity contribution in [2.24, 2.45) is 0 Å². The minimum Gasteiger partial charge on any atom is -0.375 e. The molecule has 3 rings (SSSR count). The smallest absolute Gasteiger partial charge is 0.222 e. The zero-order valence-corrected chi connectivity index (χ0v) is 13.9. The van der Waals surface area contributed by atoms with Gasteiger partial charge in [0.05, 0.1) is 34.0 Å². The average molecular weight is 318 g/mol. The van der Waals surface area contributed by atoms with E-state index in [4.69, 9.17) is 4.74 Å². The number of ether oxygens (including phenoxy) is 1. The molecule has 0 spiro atoms. The Kier molecular flexibility index (Phi) is 4.74. The zero-order valence-electron chi connectivity index (χ0n) is 13.1. The van der Waals surface area contributed by atoms with Gasteiger partial charge < -0.3 is 9.64 Å². The van der Waals surface area contributed by atoms with E-state index in [2.05, 4.69) is 18.0 Å². The maximum Gasteiger partial charge on any atom is 0.222 e. The minimum atomic E-state index is 0.143. The van der Waals surface area contributed by atoms with E-state index in [1.54, 1.807) is 11.3 Å². The molecule has 1 aromatic carbocycles. The number of benzene rings is 1. The Bertz CT molecular complexity index is 622. The van der Waals surface area contributed by atoms with Gasteiger partial charge in [0.15, 0.2) is 0 Å². The molecular formula is C17H22N2O2S. The fourth-order valence-electron chi connectivity index (χ4n) is 2.81. The molecule has 118 valence electrons. The van der Waals surface area contributed by atoms with Crippen LogP contribution in [0.2, 0.25) is 0 Å². The van der Waals surface area contributed by atoms with Gasteiger partial charge in [-0.15, -0.1) is 11.3 Å². The van der Waals surface area contributed by atoms with Gasteiger partial charge in [0.1, 0.15) is 0 Å². The molecule has 0 N–H and O–H groups in total. The van der Waals surface area contributed by atoms with Crippen LogP contribution in [0.25, 0.3) is 10.2 Å². The summed E-state index contributed by atoms with van der Waals surface area (Å²) in [5, 5.41) is 1.12. The largest absolute Gasteiger partial charge is 0.375 e. The van der Waals surface area contributed by atoms with Gasteiger partial charge in [-0.1, -0.05) is 12.1 Å². The number of carbonyl (C=O) groups is 1. The summed E-state index contributed by atoms with van der Waals surface area (Å²) in [6.07, 6.45) is 2.47. The predicted molar refractivity (Wildman–Crippen MR) is 89.1 cm³/mol. The van der Waals surface area contributed by atoms with E-state index in [-0.39, 0.29) is 18.1 Å². The van der Waals surface area contributed by atoms with Gasteiger partial charge in [-0.25, -0.2) is 4.98 Å². The van der Waals surface area contributed by atoms with Crippen LogP contribution in [0.1, 0.15) is 31.7 Å². The van der Waals surface area contributed by atoms with Gasteiger partial charge in [0, 0.05) is 13.0 Å². The van der Waals surface area contributed by atoms with E-state index in [0.29, 0.717) is 19.6 Å². The van der Waals surface area contributed by atoms with Crippen LogP contribution in [0.3, 0.4) is 0 Å². The summed E-state index contributed by atoms with van der Waals surface area (Å²) in [6.45, 7) is 5.43. The number of hydrogen-bond acceptors (Lipinski definition) is 4. The lowest BCUT2D eigenvalue weighted by atomic mass is 10.1. The van der Waals surface area contributed by atoms with Crippen LogP contribution < -0.4 is 0 Å². The molecule has 0 bridgehead atoms. The lowest BCUT2D eigenvalue weighted by molar-refractivity contribution is -0.143. The topological polar surface area (TPSA) is 42.4 Å². The lowest BCUT2D eigenvalue weighted by Crippen LogP contribution is -2.50. The van der Waals surface area contributed by atoms with Crippen molar-refractivity contribution in [2.75, 3.05) is 13.2 Å². The number of aromatic nitrogens is 1. The third-order valence-corrected chi connectivity index (χ3v) is 5.14.